The normalized spacial score (nSPS) is 20.3. The molecule has 1 saturated heterocycles. The average Bonchev–Trinajstić information content (AvgIpc) is 3.29. The first-order chi connectivity index (χ1) is 15.0. The number of carbonyl (C=O) groups is 1. The second kappa shape index (κ2) is 8.98. The van der Waals surface area contributed by atoms with Crippen LogP contribution in [0, 0.1) is 0 Å². The fourth-order valence-electron chi connectivity index (χ4n) is 4.46. The molecule has 0 bridgehead atoms. The second-order valence-electron chi connectivity index (χ2n) is 7.93. The van der Waals surface area contributed by atoms with Crippen molar-refractivity contribution in [2.45, 2.75) is 51.2 Å². The van der Waals surface area contributed by atoms with Crippen molar-refractivity contribution < 1.29 is 19.0 Å². The predicted octanol–water partition coefficient (Wildman–Crippen LogP) is 2.85. The van der Waals surface area contributed by atoms with Crippen LogP contribution < -0.4 is 16.0 Å². The number of rotatable bonds is 6. The molecule has 0 spiro atoms. The number of hydrogen-bond acceptors (Lipinski definition) is 6. The third-order valence-electron chi connectivity index (χ3n) is 5.90. The lowest BCUT2D eigenvalue weighted by Gasteiger charge is -2.29. The molecule has 0 amide bonds. The highest BCUT2D eigenvalue weighted by Crippen LogP contribution is 2.41. The fourth-order valence-corrected chi connectivity index (χ4v) is 4.46. The second-order valence-corrected chi connectivity index (χ2v) is 7.93. The number of nitrogens with zero attached hydrogens (tertiary/aromatic N) is 1. The van der Waals surface area contributed by atoms with E-state index in [1.54, 1.807) is 4.57 Å². The van der Waals surface area contributed by atoms with Crippen molar-refractivity contribution in [1.82, 2.24) is 4.57 Å². The highest BCUT2D eigenvalue weighted by molar-refractivity contribution is 5.92. The van der Waals surface area contributed by atoms with Crippen LogP contribution >= 0.6 is 0 Å². The van der Waals surface area contributed by atoms with Gasteiger partial charge >= 0.3 is 5.97 Å². The van der Waals surface area contributed by atoms with Gasteiger partial charge in [0.15, 0.2) is 0 Å². The zero-order valence-electron chi connectivity index (χ0n) is 17.9. The molecule has 164 valence electrons. The summed E-state index contributed by atoms with van der Waals surface area (Å²) in [5, 5.41) is 0. The molecule has 2 atom stereocenters. The highest BCUT2D eigenvalue weighted by atomic mass is 16.5. The molecule has 2 aromatic rings. The maximum Gasteiger partial charge on any atom is 0.340 e. The molecule has 2 aliphatic rings. The Balaban J connectivity index is 1.92. The Hall–Kier alpha value is -3.06. The topological polar surface area (TPSA) is 92.8 Å². The van der Waals surface area contributed by atoms with Gasteiger partial charge < -0.3 is 24.5 Å². The van der Waals surface area contributed by atoms with Gasteiger partial charge in [-0.3, -0.25) is 4.79 Å². The molecule has 7 nitrogen and oxygen atoms in total. The molecule has 0 saturated carbocycles. The lowest BCUT2D eigenvalue weighted by atomic mass is 9.83. The lowest BCUT2D eigenvalue weighted by molar-refractivity contribution is -0.136. The van der Waals surface area contributed by atoms with E-state index in [0.717, 1.165) is 43.5 Å². The standard InChI is InChI=1S/C24H28N2O5/c1-3-8-16-13-18-20(23(27)26(16)14-17-11-7-12-30-17)19(15-9-5-4-6-10-15)21(22(25)31-18)24(28)29-2/h4-6,9-10,13,17,19H,3,7-8,11-12,14,25H2,1-2H3. The number of carbonyl (C=O) groups excluding carboxylic acids is 1. The van der Waals surface area contributed by atoms with Gasteiger partial charge in [0.2, 0.25) is 5.88 Å². The Kier molecular flexibility index (Phi) is 6.13. The Labute approximate surface area is 181 Å². The lowest BCUT2D eigenvalue weighted by Crippen LogP contribution is -2.37. The van der Waals surface area contributed by atoms with Gasteiger partial charge in [-0.1, -0.05) is 43.7 Å². The summed E-state index contributed by atoms with van der Waals surface area (Å²) in [4.78, 5) is 26.5. The number of pyridine rings is 1. The number of hydrogen-bond donors (Lipinski definition) is 1. The van der Waals surface area contributed by atoms with Crippen LogP contribution in [0.3, 0.4) is 0 Å². The summed E-state index contributed by atoms with van der Waals surface area (Å²) < 4.78 is 18.4. The van der Waals surface area contributed by atoms with Crippen LogP contribution in [0.1, 0.15) is 48.9 Å². The zero-order valence-corrected chi connectivity index (χ0v) is 17.9. The van der Waals surface area contributed by atoms with Crippen molar-refractivity contribution in [1.29, 1.82) is 0 Å². The number of fused-ring (bicyclic) bond motifs is 1. The predicted molar refractivity (Wildman–Crippen MR) is 116 cm³/mol. The van der Waals surface area contributed by atoms with E-state index in [0.29, 0.717) is 17.9 Å². The molecule has 4 rings (SSSR count). The summed E-state index contributed by atoms with van der Waals surface area (Å²) in [6, 6.07) is 11.2. The van der Waals surface area contributed by atoms with Gasteiger partial charge in [0.1, 0.15) is 11.3 Å². The van der Waals surface area contributed by atoms with Gasteiger partial charge in [-0.25, -0.2) is 4.79 Å². The van der Waals surface area contributed by atoms with E-state index in [4.69, 9.17) is 19.9 Å². The van der Waals surface area contributed by atoms with E-state index in [-0.39, 0.29) is 23.1 Å². The average molecular weight is 424 g/mol. The first-order valence-corrected chi connectivity index (χ1v) is 10.7. The Morgan fingerprint density at radius 3 is 2.71 bits per heavy atom. The number of esters is 1. The van der Waals surface area contributed by atoms with Crippen molar-refractivity contribution in [3.63, 3.8) is 0 Å². The Morgan fingerprint density at radius 1 is 1.29 bits per heavy atom. The molecule has 2 aliphatic heterocycles. The minimum atomic E-state index is -0.670. The minimum absolute atomic E-state index is 0.00623. The zero-order chi connectivity index (χ0) is 22.0. The number of nitrogens with two attached hydrogens (primary N) is 1. The molecular formula is C24H28N2O5. The van der Waals surface area contributed by atoms with Crippen LogP contribution in [0.15, 0.2) is 52.6 Å². The number of aryl methyl sites for hydroxylation is 1. The SMILES string of the molecule is CCCc1cc2c(c(=O)n1CC1CCCO1)C(c1ccccc1)C(C(=O)OC)=C(N)O2. The largest absolute Gasteiger partial charge is 0.465 e. The summed E-state index contributed by atoms with van der Waals surface area (Å²) in [6.07, 6.45) is 3.53. The van der Waals surface area contributed by atoms with Crippen molar-refractivity contribution in [3.8, 4) is 5.75 Å². The van der Waals surface area contributed by atoms with Gasteiger partial charge in [0.25, 0.3) is 5.56 Å². The summed E-state index contributed by atoms with van der Waals surface area (Å²) in [7, 11) is 1.29. The third kappa shape index (κ3) is 3.97. The smallest absolute Gasteiger partial charge is 0.340 e. The maximum atomic E-state index is 13.9. The van der Waals surface area contributed by atoms with E-state index in [9.17, 15) is 9.59 Å². The van der Waals surface area contributed by atoms with Crippen molar-refractivity contribution in [2.24, 2.45) is 5.73 Å². The molecule has 3 heterocycles. The van der Waals surface area contributed by atoms with E-state index < -0.39 is 11.9 Å². The van der Waals surface area contributed by atoms with E-state index in [1.165, 1.54) is 7.11 Å². The van der Waals surface area contributed by atoms with Crippen LogP contribution in [0.5, 0.6) is 5.75 Å². The number of methoxy groups -OCH3 is 1. The van der Waals surface area contributed by atoms with Gasteiger partial charge in [0.05, 0.1) is 31.2 Å². The summed E-state index contributed by atoms with van der Waals surface area (Å²) in [5.74, 6) is -0.918. The number of ether oxygens (including phenoxy) is 3. The highest BCUT2D eigenvalue weighted by Gasteiger charge is 2.38. The molecule has 0 radical (unpaired) electrons. The molecule has 1 aromatic carbocycles. The van der Waals surface area contributed by atoms with Gasteiger partial charge in [-0.2, -0.15) is 0 Å². The van der Waals surface area contributed by atoms with Crippen LogP contribution in [0.25, 0.3) is 0 Å². The van der Waals surface area contributed by atoms with Crippen LogP contribution in [0.2, 0.25) is 0 Å². The van der Waals surface area contributed by atoms with Crippen molar-refractivity contribution >= 4 is 5.97 Å². The quantitative estimate of drug-likeness (QED) is 0.717. The molecule has 0 aliphatic carbocycles. The van der Waals surface area contributed by atoms with E-state index >= 15 is 0 Å². The first-order valence-electron chi connectivity index (χ1n) is 10.7. The molecule has 7 heteroatoms. The summed E-state index contributed by atoms with van der Waals surface area (Å²) >= 11 is 0. The van der Waals surface area contributed by atoms with Crippen LogP contribution in [-0.4, -0.2) is 30.4 Å². The van der Waals surface area contributed by atoms with E-state index in [2.05, 4.69) is 6.92 Å². The summed E-state index contributed by atoms with van der Waals surface area (Å²) in [5.41, 5.74) is 8.19. The monoisotopic (exact) mass is 424 g/mol. The summed E-state index contributed by atoms with van der Waals surface area (Å²) in [6.45, 7) is 3.27. The van der Waals surface area contributed by atoms with Crippen LogP contribution in [-0.2, 0) is 27.2 Å². The Morgan fingerprint density at radius 2 is 2.06 bits per heavy atom. The third-order valence-corrected chi connectivity index (χ3v) is 5.90. The minimum Gasteiger partial charge on any atom is -0.465 e. The van der Waals surface area contributed by atoms with Gasteiger partial charge in [-0.05, 0) is 24.8 Å². The first kappa shape index (κ1) is 21.2. The molecule has 31 heavy (non-hydrogen) atoms. The van der Waals surface area contributed by atoms with Gasteiger partial charge in [-0.15, -0.1) is 0 Å². The fraction of sp³-hybridized carbons (Fsp3) is 0.417. The maximum absolute atomic E-state index is 13.9. The molecule has 2 N–H and O–H groups in total. The molecule has 1 fully saturated rings. The molecule has 2 unspecified atom stereocenters. The van der Waals surface area contributed by atoms with Crippen molar-refractivity contribution in [3.05, 3.63) is 75.0 Å². The number of benzene rings is 1. The Bertz CT molecular complexity index is 1050. The van der Waals surface area contributed by atoms with E-state index in [1.807, 2.05) is 36.4 Å². The van der Waals surface area contributed by atoms with Crippen molar-refractivity contribution in [2.75, 3.05) is 13.7 Å². The molecular weight excluding hydrogens is 396 g/mol. The van der Waals surface area contributed by atoms with Gasteiger partial charge in [0, 0.05) is 18.4 Å². The van der Waals surface area contributed by atoms with Crippen LogP contribution in [0.4, 0.5) is 0 Å². The number of aromatic nitrogens is 1. The molecule has 1 aromatic heterocycles.